The van der Waals surface area contributed by atoms with Gasteiger partial charge in [-0.1, -0.05) is 0 Å². The van der Waals surface area contributed by atoms with Gasteiger partial charge in [0.1, 0.15) is 24.3 Å². The van der Waals surface area contributed by atoms with Gasteiger partial charge in [0, 0.05) is 38.4 Å². The van der Waals surface area contributed by atoms with Crippen LogP contribution in [0.5, 0.6) is 0 Å². The molecule has 1 aliphatic heterocycles. The molecule has 0 bridgehead atoms. The van der Waals surface area contributed by atoms with Crippen LogP contribution < -0.4 is 0 Å². The molecule has 2 N–H and O–H groups in total. The number of aliphatic hydroxyl groups excluding tert-OH is 2. The minimum Gasteiger partial charge on any atom is -0.466 e. The molecule has 10 nitrogen and oxygen atoms in total. The molecule has 0 aromatic carbocycles. The predicted octanol–water partition coefficient (Wildman–Crippen LogP) is 0.480. The van der Waals surface area contributed by atoms with Crippen molar-refractivity contribution in [1.82, 2.24) is 19.4 Å². The van der Waals surface area contributed by atoms with Gasteiger partial charge >= 0.3 is 5.97 Å². The lowest BCUT2D eigenvalue weighted by Gasteiger charge is -2.14. The lowest BCUT2D eigenvalue weighted by Crippen LogP contribution is -2.24. The summed E-state index contributed by atoms with van der Waals surface area (Å²) in [6.07, 6.45) is 5.99. The first-order valence-electron chi connectivity index (χ1n) is 8.71. The van der Waals surface area contributed by atoms with Crippen LogP contribution >= 0.6 is 0 Å². The van der Waals surface area contributed by atoms with E-state index in [9.17, 15) is 15.0 Å². The lowest BCUT2D eigenvalue weighted by atomic mass is 10.2. The van der Waals surface area contributed by atoms with Crippen molar-refractivity contribution in [2.24, 2.45) is 4.99 Å². The summed E-state index contributed by atoms with van der Waals surface area (Å²) in [5.74, 6) is -0.0665. The van der Waals surface area contributed by atoms with Crippen LogP contribution in [0.2, 0.25) is 0 Å². The third-order valence-electron chi connectivity index (χ3n) is 4.32. The van der Waals surface area contributed by atoms with E-state index in [1.807, 2.05) is 14.1 Å². The van der Waals surface area contributed by atoms with Crippen molar-refractivity contribution in [2.45, 2.75) is 24.9 Å². The summed E-state index contributed by atoms with van der Waals surface area (Å²) in [6.45, 7) is -0.278. The topological polar surface area (TPSA) is 122 Å². The maximum atomic E-state index is 11.5. The highest BCUT2D eigenvalue weighted by Crippen LogP contribution is 2.35. The smallest absolute Gasteiger partial charge is 0.330 e. The first kappa shape index (κ1) is 19.9. The molecule has 0 amide bonds. The first-order chi connectivity index (χ1) is 13.4. The quantitative estimate of drug-likeness (QED) is 0.317. The Hall–Kier alpha value is -2.82. The van der Waals surface area contributed by atoms with Gasteiger partial charge in [0.05, 0.1) is 31.5 Å². The zero-order valence-corrected chi connectivity index (χ0v) is 15.9. The normalized spacial score (nSPS) is 22.5. The van der Waals surface area contributed by atoms with Crippen LogP contribution in [0.4, 0.5) is 5.82 Å². The number of carbonyl (C=O) groups excluding carboxylic acids is 1. The number of hydrogen-bond acceptors (Lipinski definition) is 8. The maximum absolute atomic E-state index is 11.5. The second-order valence-corrected chi connectivity index (χ2v) is 6.57. The largest absolute Gasteiger partial charge is 0.466 e. The molecule has 0 spiro atoms. The fraction of sp³-hybridized carbons (Fsp3) is 0.444. The second-order valence-electron chi connectivity index (χ2n) is 6.57. The number of aromatic nitrogens is 3. The van der Waals surface area contributed by atoms with Crippen LogP contribution in [0.25, 0.3) is 17.1 Å². The van der Waals surface area contributed by atoms with Crippen molar-refractivity contribution in [1.29, 1.82) is 0 Å². The van der Waals surface area contributed by atoms with E-state index in [-0.39, 0.29) is 6.61 Å². The van der Waals surface area contributed by atoms with Gasteiger partial charge in [-0.15, -0.1) is 0 Å². The van der Waals surface area contributed by atoms with Gasteiger partial charge in [-0.3, -0.25) is 0 Å². The van der Waals surface area contributed by atoms with E-state index in [0.717, 1.165) is 0 Å². The summed E-state index contributed by atoms with van der Waals surface area (Å²) in [5.41, 5.74) is 1.19. The van der Waals surface area contributed by atoms with Crippen LogP contribution in [0.15, 0.2) is 23.6 Å². The molecular weight excluding hydrogens is 366 g/mol. The van der Waals surface area contributed by atoms with Crippen LogP contribution in [-0.2, 0) is 14.3 Å². The fourth-order valence-electron chi connectivity index (χ4n) is 2.99. The first-order valence-corrected chi connectivity index (χ1v) is 8.71. The molecule has 0 aliphatic carbocycles. The van der Waals surface area contributed by atoms with Crippen molar-refractivity contribution in [3.05, 3.63) is 24.2 Å². The highest BCUT2D eigenvalue weighted by molar-refractivity contribution is 5.98. The molecular formula is C18H23N5O5. The minimum absolute atomic E-state index is 0.278. The monoisotopic (exact) mass is 389 g/mol. The SMILES string of the molecule is COC(=O)/C=C/c1cn([C@H]2C[C@H](O)[C@@H](CO)O2)c2ncnc(/N=C/N(C)C)c12. The molecule has 3 atom stereocenters. The van der Waals surface area contributed by atoms with Gasteiger partial charge in [0.2, 0.25) is 0 Å². The summed E-state index contributed by atoms with van der Waals surface area (Å²) < 4.78 is 12.2. The summed E-state index contributed by atoms with van der Waals surface area (Å²) in [6, 6.07) is 0. The zero-order chi connectivity index (χ0) is 20.3. The van der Waals surface area contributed by atoms with E-state index in [0.29, 0.717) is 28.8 Å². The van der Waals surface area contributed by atoms with E-state index in [4.69, 9.17) is 4.74 Å². The Morgan fingerprint density at radius 3 is 2.93 bits per heavy atom. The average Bonchev–Trinajstić information content (AvgIpc) is 3.24. The van der Waals surface area contributed by atoms with E-state index in [1.54, 1.807) is 28.1 Å². The highest BCUT2D eigenvalue weighted by Gasteiger charge is 2.35. The lowest BCUT2D eigenvalue weighted by molar-refractivity contribution is -0.134. The van der Waals surface area contributed by atoms with Crippen molar-refractivity contribution in [2.75, 3.05) is 27.8 Å². The van der Waals surface area contributed by atoms with E-state index in [1.165, 1.54) is 19.5 Å². The number of fused-ring (bicyclic) bond motifs is 1. The zero-order valence-electron chi connectivity index (χ0n) is 15.9. The van der Waals surface area contributed by atoms with E-state index >= 15 is 0 Å². The van der Waals surface area contributed by atoms with Gasteiger partial charge in [0.15, 0.2) is 5.82 Å². The van der Waals surface area contributed by atoms with Crippen molar-refractivity contribution in [3.8, 4) is 0 Å². The Kier molecular flexibility index (Phi) is 6.02. The van der Waals surface area contributed by atoms with Gasteiger partial charge in [-0.2, -0.15) is 0 Å². The van der Waals surface area contributed by atoms with Crippen LogP contribution in [0.1, 0.15) is 18.2 Å². The van der Waals surface area contributed by atoms with Crippen LogP contribution in [0.3, 0.4) is 0 Å². The molecule has 150 valence electrons. The van der Waals surface area contributed by atoms with Gasteiger partial charge < -0.3 is 29.2 Å². The molecule has 0 radical (unpaired) electrons. The van der Waals surface area contributed by atoms with Crippen molar-refractivity contribution < 1.29 is 24.5 Å². The number of ether oxygens (including phenoxy) is 2. The number of carbonyl (C=O) groups is 1. The standard InChI is InChI=1S/C18H23N5O5/c1-22(2)10-21-17-16-11(4-5-15(26)27-3)7-23(18(16)20-9-19-17)14-6-12(25)13(8-24)28-14/h4-5,7,9-10,12-14,24-25H,6,8H2,1-3H3/b5-4+,21-10+/t12-,13+,14+/m0/s1. The number of hydrogen-bond donors (Lipinski definition) is 2. The Labute approximate surface area is 161 Å². The molecule has 28 heavy (non-hydrogen) atoms. The summed E-state index contributed by atoms with van der Waals surface area (Å²) in [5, 5.41) is 20.1. The third kappa shape index (κ3) is 4.03. The summed E-state index contributed by atoms with van der Waals surface area (Å²) in [4.78, 5) is 26.3. The summed E-state index contributed by atoms with van der Waals surface area (Å²) in [7, 11) is 4.98. The Bertz CT molecular complexity index is 907. The van der Waals surface area contributed by atoms with Crippen molar-refractivity contribution in [3.63, 3.8) is 0 Å². The highest BCUT2D eigenvalue weighted by atomic mass is 16.5. The molecule has 2 aromatic rings. The molecule has 0 saturated carbocycles. The maximum Gasteiger partial charge on any atom is 0.330 e. The Morgan fingerprint density at radius 2 is 2.29 bits per heavy atom. The van der Waals surface area contributed by atoms with Crippen molar-refractivity contribution >= 4 is 35.2 Å². The second kappa shape index (κ2) is 8.46. The third-order valence-corrected chi connectivity index (χ3v) is 4.32. The molecule has 3 heterocycles. The molecule has 10 heteroatoms. The Balaban J connectivity index is 2.11. The van der Waals surface area contributed by atoms with Crippen LogP contribution in [0, 0.1) is 0 Å². The fourth-order valence-corrected chi connectivity index (χ4v) is 2.99. The van der Waals surface area contributed by atoms with E-state index in [2.05, 4.69) is 19.7 Å². The number of nitrogens with zero attached hydrogens (tertiary/aromatic N) is 5. The number of esters is 1. The van der Waals surface area contributed by atoms with Gasteiger partial charge in [-0.25, -0.2) is 19.8 Å². The molecule has 0 unspecified atom stereocenters. The molecule has 1 fully saturated rings. The van der Waals surface area contributed by atoms with E-state index < -0.39 is 24.4 Å². The molecule has 2 aromatic heterocycles. The summed E-state index contributed by atoms with van der Waals surface area (Å²) >= 11 is 0. The predicted molar refractivity (Wildman–Crippen MR) is 102 cm³/mol. The Morgan fingerprint density at radius 1 is 1.50 bits per heavy atom. The molecule has 1 saturated heterocycles. The minimum atomic E-state index is -0.783. The number of methoxy groups -OCH3 is 1. The molecule has 1 aliphatic rings. The molecule has 3 rings (SSSR count). The number of aliphatic hydroxyl groups is 2. The van der Waals surface area contributed by atoms with Gasteiger partial charge in [0.25, 0.3) is 0 Å². The average molecular weight is 389 g/mol. The number of aliphatic imine (C=N–C) groups is 1. The van der Waals surface area contributed by atoms with Crippen LogP contribution in [-0.4, -0.2) is 82.0 Å². The number of rotatable bonds is 6. The van der Waals surface area contributed by atoms with Gasteiger partial charge in [-0.05, 0) is 6.08 Å².